The Morgan fingerprint density at radius 3 is 2.30 bits per heavy atom. The van der Waals surface area contributed by atoms with Gasteiger partial charge in [-0.05, 0) is 63.1 Å². The van der Waals surface area contributed by atoms with E-state index in [1.807, 2.05) is 4.90 Å². The largest absolute Gasteiger partial charge is 0.400 e. The smallest absolute Gasteiger partial charge is 0.353 e. The van der Waals surface area contributed by atoms with Crippen molar-refractivity contribution in [3.63, 3.8) is 0 Å². The molecule has 6 rings (SSSR count). The average Bonchev–Trinajstić information content (AvgIpc) is 3.79. The van der Waals surface area contributed by atoms with Crippen molar-refractivity contribution in [2.24, 2.45) is 0 Å². The second-order valence-electron chi connectivity index (χ2n) is 12.1. The van der Waals surface area contributed by atoms with E-state index in [1.54, 1.807) is 61.2 Å². The number of pyridine rings is 2. The third-order valence-corrected chi connectivity index (χ3v) is 9.27. The number of hydrogen-bond donors (Lipinski definition) is 1. The molecule has 50 heavy (non-hydrogen) atoms. The van der Waals surface area contributed by atoms with E-state index < -0.39 is 27.7 Å². The third kappa shape index (κ3) is 7.11. The maximum Gasteiger partial charge on any atom is 0.400 e. The number of rotatable bonds is 8. The molecule has 0 bridgehead atoms. The summed E-state index contributed by atoms with van der Waals surface area (Å²) in [5.41, 5.74) is -0.973. The summed E-state index contributed by atoms with van der Waals surface area (Å²) in [4.78, 5) is 39.1. The SMILES string of the molecule is Cc1ccc(-n2nc(C3(C(F)(F)F)CC3)cc2NC(=O)N(OS(C)(=O)=O)c2ccc(N3CCN(C(=O)c4ccccc4Cl)CC3)nc2C)cn1. The molecule has 0 unspecified atom stereocenters. The molecule has 18 heteroatoms. The van der Waals surface area contributed by atoms with Crippen LogP contribution in [0.3, 0.4) is 0 Å². The van der Waals surface area contributed by atoms with Crippen LogP contribution in [0.4, 0.5) is 35.3 Å². The number of carbonyl (C=O) groups excluding carboxylic acids is 2. The third-order valence-electron chi connectivity index (χ3n) is 8.52. The summed E-state index contributed by atoms with van der Waals surface area (Å²) < 4.78 is 73.0. The molecule has 1 aliphatic heterocycles. The Kier molecular flexibility index (Phi) is 9.26. The van der Waals surface area contributed by atoms with Crippen molar-refractivity contribution < 1.29 is 35.5 Å². The maximum absolute atomic E-state index is 14.1. The predicted octanol–water partition coefficient (Wildman–Crippen LogP) is 5.42. The van der Waals surface area contributed by atoms with Gasteiger partial charge in [-0.15, -0.1) is 4.28 Å². The summed E-state index contributed by atoms with van der Waals surface area (Å²) in [6.45, 7) is 4.93. The van der Waals surface area contributed by atoms with Crippen molar-refractivity contribution in [2.45, 2.75) is 38.3 Å². The van der Waals surface area contributed by atoms with E-state index in [9.17, 15) is 31.2 Å². The molecule has 1 saturated heterocycles. The number of piperazine rings is 1. The monoisotopic (exact) mass is 732 g/mol. The van der Waals surface area contributed by atoms with Crippen LogP contribution in [0, 0.1) is 13.8 Å². The summed E-state index contributed by atoms with van der Waals surface area (Å²) in [5, 5.41) is 7.52. The fourth-order valence-corrected chi connectivity index (χ4v) is 6.29. The van der Waals surface area contributed by atoms with Crippen LogP contribution in [-0.2, 0) is 19.8 Å². The summed E-state index contributed by atoms with van der Waals surface area (Å²) in [5.74, 6) is 0.152. The zero-order chi connectivity index (χ0) is 36.0. The van der Waals surface area contributed by atoms with Gasteiger partial charge < -0.3 is 9.80 Å². The van der Waals surface area contributed by atoms with Crippen molar-refractivity contribution in [2.75, 3.05) is 47.7 Å². The zero-order valence-corrected chi connectivity index (χ0v) is 28.7. The van der Waals surface area contributed by atoms with E-state index in [0.717, 1.165) is 17.0 Å². The Morgan fingerprint density at radius 2 is 1.72 bits per heavy atom. The van der Waals surface area contributed by atoms with Gasteiger partial charge in [-0.25, -0.2) is 14.5 Å². The van der Waals surface area contributed by atoms with Gasteiger partial charge >= 0.3 is 12.2 Å². The second kappa shape index (κ2) is 13.2. The van der Waals surface area contributed by atoms with E-state index in [2.05, 4.69) is 20.4 Å². The van der Waals surface area contributed by atoms with Gasteiger partial charge in [0.1, 0.15) is 17.1 Å². The lowest BCUT2D eigenvalue weighted by Crippen LogP contribution is -2.49. The van der Waals surface area contributed by atoms with Crippen molar-refractivity contribution in [3.8, 4) is 5.69 Å². The molecule has 2 aliphatic rings. The van der Waals surface area contributed by atoms with Gasteiger partial charge in [-0.2, -0.15) is 31.8 Å². The van der Waals surface area contributed by atoms with E-state index in [1.165, 1.54) is 12.3 Å². The van der Waals surface area contributed by atoms with Gasteiger partial charge in [-0.3, -0.25) is 15.1 Å². The minimum absolute atomic E-state index is 0.0403. The first-order chi connectivity index (χ1) is 23.6. The van der Waals surface area contributed by atoms with Crippen LogP contribution >= 0.6 is 11.6 Å². The van der Waals surface area contributed by atoms with Crippen LogP contribution in [0.2, 0.25) is 5.02 Å². The van der Waals surface area contributed by atoms with Crippen LogP contribution in [0.25, 0.3) is 5.69 Å². The van der Waals surface area contributed by atoms with Gasteiger partial charge in [0.05, 0.1) is 45.8 Å². The van der Waals surface area contributed by atoms with E-state index >= 15 is 0 Å². The topological polar surface area (TPSA) is 143 Å². The summed E-state index contributed by atoms with van der Waals surface area (Å²) >= 11 is 6.21. The van der Waals surface area contributed by atoms with Crippen molar-refractivity contribution >= 4 is 51.0 Å². The standard InChI is InChI=1S/C32H32ClF3N8O5S/c1-20-8-9-22(19-37-20)43-28(18-26(40-43)31(12-13-31)32(34,35)36)39-30(46)44(49-50(3,47)48)25-10-11-27(38-21(25)2)41-14-16-42(17-15-41)29(45)23-6-4-5-7-24(23)33/h4-11,18-19H,12-17H2,1-3H3,(H,39,46). The highest BCUT2D eigenvalue weighted by Crippen LogP contribution is 2.58. The number of halogens is 4. The molecule has 1 aromatic carbocycles. The molecule has 3 aromatic heterocycles. The number of hydrogen-bond acceptors (Lipinski definition) is 9. The second-order valence-corrected chi connectivity index (χ2v) is 14.1. The Bertz CT molecular complexity index is 2050. The highest BCUT2D eigenvalue weighted by atomic mass is 35.5. The molecule has 1 aliphatic carbocycles. The minimum Gasteiger partial charge on any atom is -0.353 e. The van der Waals surface area contributed by atoms with Crippen molar-refractivity contribution in [1.82, 2.24) is 24.6 Å². The average molecular weight is 733 g/mol. The minimum atomic E-state index is -4.58. The van der Waals surface area contributed by atoms with Crippen LogP contribution in [0.5, 0.6) is 0 Å². The van der Waals surface area contributed by atoms with Crippen LogP contribution in [0.15, 0.2) is 60.8 Å². The fourth-order valence-electron chi connectivity index (χ4n) is 5.65. The number of urea groups is 1. The molecular formula is C32H32ClF3N8O5S. The normalized spacial score (nSPS) is 15.9. The first-order valence-corrected chi connectivity index (χ1v) is 17.6. The van der Waals surface area contributed by atoms with Crippen molar-refractivity contribution in [1.29, 1.82) is 0 Å². The molecule has 264 valence electrons. The molecule has 4 aromatic rings. The number of anilines is 3. The lowest BCUT2D eigenvalue weighted by atomic mass is 10.0. The molecule has 0 radical (unpaired) electrons. The quantitative estimate of drug-likeness (QED) is 0.235. The molecule has 3 amide bonds. The number of carbonyl (C=O) groups is 2. The highest BCUT2D eigenvalue weighted by Gasteiger charge is 2.66. The van der Waals surface area contributed by atoms with Crippen LogP contribution in [-0.4, -0.2) is 83.6 Å². The van der Waals surface area contributed by atoms with Crippen molar-refractivity contribution in [3.05, 3.63) is 88.5 Å². The number of amides is 3. The molecular weight excluding hydrogens is 701 g/mol. The molecule has 1 N–H and O–H groups in total. The predicted molar refractivity (Wildman–Crippen MR) is 179 cm³/mol. The lowest BCUT2D eigenvalue weighted by Gasteiger charge is -2.36. The molecule has 4 heterocycles. The maximum atomic E-state index is 14.1. The van der Waals surface area contributed by atoms with Gasteiger partial charge in [-0.1, -0.05) is 23.7 Å². The van der Waals surface area contributed by atoms with Gasteiger partial charge in [0, 0.05) is 37.9 Å². The number of nitrogens with one attached hydrogen (secondary N) is 1. The Balaban J connectivity index is 1.25. The Labute approximate surface area is 290 Å². The Morgan fingerprint density at radius 1 is 1.02 bits per heavy atom. The van der Waals surface area contributed by atoms with Gasteiger partial charge in [0.2, 0.25) is 0 Å². The highest BCUT2D eigenvalue weighted by molar-refractivity contribution is 7.86. The number of nitrogens with zero attached hydrogens (tertiary/aromatic N) is 7. The number of hydroxylamine groups is 1. The van der Waals surface area contributed by atoms with E-state index in [0.29, 0.717) is 53.3 Å². The molecule has 0 spiro atoms. The number of alkyl halides is 3. The number of benzene rings is 1. The number of aryl methyl sites for hydroxylation is 2. The summed E-state index contributed by atoms with van der Waals surface area (Å²) in [7, 11) is -4.29. The first kappa shape index (κ1) is 35.1. The Hall–Kier alpha value is -4.74. The molecule has 1 saturated carbocycles. The van der Waals surface area contributed by atoms with E-state index in [-0.39, 0.29) is 47.3 Å². The zero-order valence-electron chi connectivity index (χ0n) is 27.1. The van der Waals surface area contributed by atoms with Gasteiger partial charge in [0.25, 0.3) is 16.0 Å². The number of aromatic nitrogens is 4. The molecule has 13 nitrogen and oxygen atoms in total. The first-order valence-electron chi connectivity index (χ1n) is 15.4. The van der Waals surface area contributed by atoms with E-state index in [4.69, 9.17) is 15.9 Å². The van der Waals surface area contributed by atoms with Crippen LogP contribution < -0.4 is 15.3 Å². The lowest BCUT2D eigenvalue weighted by molar-refractivity contribution is -0.161. The fraction of sp³-hybridized carbons (Fsp3) is 0.344. The summed E-state index contributed by atoms with van der Waals surface area (Å²) in [6, 6.07) is 13.0. The summed E-state index contributed by atoms with van der Waals surface area (Å²) in [6.07, 6.45) is -2.78. The van der Waals surface area contributed by atoms with Gasteiger partial charge in [0.15, 0.2) is 0 Å². The molecule has 0 atom stereocenters. The van der Waals surface area contributed by atoms with Crippen LogP contribution in [0.1, 0.15) is 40.3 Å². The molecule has 2 fully saturated rings.